The van der Waals surface area contributed by atoms with Crippen LogP contribution in [0.3, 0.4) is 0 Å². The van der Waals surface area contributed by atoms with Crippen LogP contribution in [0.4, 0.5) is 5.69 Å². The number of nitrogens with zero attached hydrogens (tertiary/aromatic N) is 1. The van der Waals surface area contributed by atoms with Crippen LogP contribution in [-0.2, 0) is 4.79 Å². The van der Waals surface area contributed by atoms with Crippen molar-refractivity contribution in [1.82, 2.24) is 5.32 Å². The first kappa shape index (κ1) is 13.0. The number of hydrogen-bond acceptors (Lipinski definition) is 2. The number of nitrogens with one attached hydrogen (secondary N) is 1. The van der Waals surface area contributed by atoms with E-state index in [9.17, 15) is 4.79 Å². The molecule has 1 amide bonds. The molecular weight excluding hydrogens is 244 g/mol. The van der Waals surface area contributed by atoms with Crippen LogP contribution in [-0.4, -0.2) is 16.6 Å². The molecule has 1 aliphatic rings. The molecule has 0 aromatic heterocycles. The van der Waals surface area contributed by atoms with Crippen molar-refractivity contribution >= 4 is 28.9 Å². The lowest BCUT2D eigenvalue weighted by Crippen LogP contribution is -2.40. The highest BCUT2D eigenvalue weighted by atomic mass is 32.1. The molecule has 0 saturated carbocycles. The summed E-state index contributed by atoms with van der Waals surface area (Å²) in [7, 11) is 0. The van der Waals surface area contributed by atoms with Crippen molar-refractivity contribution < 1.29 is 4.79 Å². The Bertz CT molecular complexity index is 526. The maximum Gasteiger partial charge on any atom is 0.258 e. The summed E-state index contributed by atoms with van der Waals surface area (Å²) >= 11 is 5.26. The fourth-order valence-electron chi connectivity index (χ4n) is 2.12. The van der Waals surface area contributed by atoms with Gasteiger partial charge in [0.15, 0.2) is 5.11 Å². The molecule has 4 heteroatoms. The summed E-state index contributed by atoms with van der Waals surface area (Å²) in [6.45, 7) is 9.87. The molecule has 1 heterocycles. The number of amides is 1. The zero-order valence-electron chi connectivity index (χ0n) is 11.4. The van der Waals surface area contributed by atoms with Gasteiger partial charge in [0, 0.05) is 0 Å². The third-order valence-corrected chi connectivity index (χ3v) is 3.81. The first-order chi connectivity index (χ1) is 8.24. The van der Waals surface area contributed by atoms with E-state index < -0.39 is 5.54 Å². The zero-order valence-corrected chi connectivity index (χ0v) is 12.2. The van der Waals surface area contributed by atoms with Crippen LogP contribution in [0, 0.1) is 20.8 Å². The van der Waals surface area contributed by atoms with Crippen LogP contribution >= 0.6 is 12.2 Å². The Balaban J connectivity index is 2.50. The molecule has 18 heavy (non-hydrogen) atoms. The van der Waals surface area contributed by atoms with Gasteiger partial charge in [-0.15, -0.1) is 0 Å². The van der Waals surface area contributed by atoms with Gasteiger partial charge < -0.3 is 5.32 Å². The number of carbonyl (C=O) groups excluding carboxylic acids is 1. The molecule has 1 aromatic rings. The van der Waals surface area contributed by atoms with Gasteiger partial charge in [-0.2, -0.15) is 0 Å². The molecule has 0 atom stereocenters. The standard InChI is InChI=1S/C14H18N2OS/c1-8-6-11(7-9(2)10(8)3)16-12(17)14(4,5)15-13(16)18/h6-7H,1-5H3,(H,15,18). The summed E-state index contributed by atoms with van der Waals surface area (Å²) < 4.78 is 0. The predicted molar refractivity (Wildman–Crippen MR) is 78.0 cm³/mol. The van der Waals surface area contributed by atoms with E-state index in [4.69, 9.17) is 12.2 Å². The Morgan fingerprint density at radius 1 is 1.17 bits per heavy atom. The Morgan fingerprint density at radius 2 is 1.67 bits per heavy atom. The van der Waals surface area contributed by atoms with Gasteiger partial charge in [0.1, 0.15) is 5.54 Å². The molecule has 0 unspecified atom stereocenters. The van der Waals surface area contributed by atoms with Gasteiger partial charge >= 0.3 is 0 Å². The summed E-state index contributed by atoms with van der Waals surface area (Å²) in [5.41, 5.74) is 3.83. The molecule has 0 radical (unpaired) electrons. The van der Waals surface area contributed by atoms with Crippen LogP contribution < -0.4 is 10.2 Å². The molecule has 1 N–H and O–H groups in total. The highest BCUT2D eigenvalue weighted by molar-refractivity contribution is 7.80. The second kappa shape index (κ2) is 4.05. The molecule has 0 spiro atoms. The molecule has 1 saturated heterocycles. The van der Waals surface area contributed by atoms with Crippen molar-refractivity contribution in [1.29, 1.82) is 0 Å². The number of carbonyl (C=O) groups is 1. The Labute approximate surface area is 113 Å². The molecule has 2 rings (SSSR count). The highest BCUT2D eigenvalue weighted by Crippen LogP contribution is 2.28. The lowest BCUT2D eigenvalue weighted by molar-refractivity contribution is -0.120. The topological polar surface area (TPSA) is 32.3 Å². The minimum absolute atomic E-state index is 0.00449. The Hall–Kier alpha value is -1.42. The van der Waals surface area contributed by atoms with E-state index in [1.165, 1.54) is 16.7 Å². The summed E-state index contributed by atoms with van der Waals surface area (Å²) in [5.74, 6) is -0.00449. The van der Waals surface area contributed by atoms with Crippen molar-refractivity contribution in [2.24, 2.45) is 0 Å². The number of benzene rings is 1. The van der Waals surface area contributed by atoms with E-state index in [0.29, 0.717) is 5.11 Å². The molecule has 96 valence electrons. The van der Waals surface area contributed by atoms with E-state index >= 15 is 0 Å². The molecule has 1 fully saturated rings. The molecule has 3 nitrogen and oxygen atoms in total. The third kappa shape index (κ3) is 1.90. The number of anilines is 1. The molecule has 0 bridgehead atoms. The molecule has 1 aromatic carbocycles. The monoisotopic (exact) mass is 262 g/mol. The smallest absolute Gasteiger partial charge is 0.258 e. The van der Waals surface area contributed by atoms with E-state index in [1.54, 1.807) is 4.90 Å². The van der Waals surface area contributed by atoms with Crippen LogP contribution in [0.5, 0.6) is 0 Å². The number of thiocarbonyl (C=S) groups is 1. The fourth-order valence-corrected chi connectivity index (χ4v) is 2.57. The van der Waals surface area contributed by atoms with E-state index in [-0.39, 0.29) is 5.91 Å². The lowest BCUT2D eigenvalue weighted by atomic mass is 10.0. The number of aryl methyl sites for hydroxylation is 2. The predicted octanol–water partition coefficient (Wildman–Crippen LogP) is 2.61. The van der Waals surface area contributed by atoms with Gasteiger partial charge in [-0.1, -0.05) is 0 Å². The first-order valence-corrected chi connectivity index (χ1v) is 6.39. The number of hydrogen-bond donors (Lipinski definition) is 1. The normalized spacial score (nSPS) is 18.2. The van der Waals surface area contributed by atoms with E-state index in [2.05, 4.69) is 12.2 Å². The largest absolute Gasteiger partial charge is 0.348 e. The molecule has 0 aliphatic carbocycles. The number of rotatable bonds is 1. The van der Waals surface area contributed by atoms with Gasteiger partial charge in [0.25, 0.3) is 5.91 Å². The molecule has 1 aliphatic heterocycles. The molecular formula is C14H18N2OS. The van der Waals surface area contributed by atoms with Gasteiger partial charge in [0.05, 0.1) is 5.69 Å². The van der Waals surface area contributed by atoms with Crippen LogP contribution in [0.1, 0.15) is 30.5 Å². The van der Waals surface area contributed by atoms with Crippen molar-refractivity contribution in [3.05, 3.63) is 28.8 Å². The SMILES string of the molecule is Cc1cc(N2C(=O)C(C)(C)NC2=S)cc(C)c1C. The maximum absolute atomic E-state index is 12.3. The summed E-state index contributed by atoms with van der Waals surface area (Å²) in [6, 6.07) is 4.02. The third-order valence-electron chi connectivity index (χ3n) is 3.53. The minimum Gasteiger partial charge on any atom is -0.348 e. The van der Waals surface area contributed by atoms with Crippen molar-refractivity contribution in [2.45, 2.75) is 40.2 Å². The summed E-state index contributed by atoms with van der Waals surface area (Å²) in [4.78, 5) is 13.9. The second-order valence-electron chi connectivity index (χ2n) is 5.40. The average Bonchev–Trinajstić information content (AvgIpc) is 2.44. The fraction of sp³-hybridized carbons (Fsp3) is 0.429. The van der Waals surface area contributed by atoms with Crippen LogP contribution in [0.15, 0.2) is 12.1 Å². The van der Waals surface area contributed by atoms with Gasteiger partial charge in [0.2, 0.25) is 0 Å². The lowest BCUT2D eigenvalue weighted by Gasteiger charge is -2.19. The van der Waals surface area contributed by atoms with E-state index in [1.807, 2.05) is 39.8 Å². The van der Waals surface area contributed by atoms with Crippen LogP contribution in [0.2, 0.25) is 0 Å². The van der Waals surface area contributed by atoms with Crippen molar-refractivity contribution in [3.63, 3.8) is 0 Å². The van der Waals surface area contributed by atoms with Gasteiger partial charge in [-0.25, -0.2) is 0 Å². The Morgan fingerprint density at radius 3 is 2.06 bits per heavy atom. The minimum atomic E-state index is -0.621. The maximum atomic E-state index is 12.3. The zero-order chi connectivity index (χ0) is 13.7. The van der Waals surface area contributed by atoms with Crippen LogP contribution in [0.25, 0.3) is 0 Å². The second-order valence-corrected chi connectivity index (χ2v) is 5.79. The average molecular weight is 262 g/mol. The van der Waals surface area contributed by atoms with E-state index in [0.717, 1.165) is 5.69 Å². The summed E-state index contributed by atoms with van der Waals surface area (Å²) in [5, 5.41) is 3.53. The van der Waals surface area contributed by atoms with Crippen molar-refractivity contribution in [2.75, 3.05) is 4.90 Å². The Kier molecular flexibility index (Phi) is 2.93. The van der Waals surface area contributed by atoms with Gasteiger partial charge in [-0.05, 0) is 75.7 Å². The highest BCUT2D eigenvalue weighted by Gasteiger charge is 2.42. The first-order valence-electron chi connectivity index (χ1n) is 5.98. The van der Waals surface area contributed by atoms with Gasteiger partial charge in [-0.3, -0.25) is 9.69 Å². The summed E-state index contributed by atoms with van der Waals surface area (Å²) in [6.07, 6.45) is 0. The van der Waals surface area contributed by atoms with Crippen molar-refractivity contribution in [3.8, 4) is 0 Å². The quantitative estimate of drug-likeness (QED) is 0.790.